The van der Waals surface area contributed by atoms with Crippen LogP contribution in [0.2, 0.25) is 5.02 Å². The number of pyridine rings is 1. The second kappa shape index (κ2) is 10.8. The number of guanidine groups is 1. The summed E-state index contributed by atoms with van der Waals surface area (Å²) >= 11 is 6.49. The number of fused-ring (bicyclic) bond motifs is 1. The second-order valence-corrected chi connectivity index (χ2v) is 8.87. The number of para-hydroxylation sites is 1. The number of oxazole rings is 1. The van der Waals surface area contributed by atoms with Gasteiger partial charge in [0.15, 0.2) is 0 Å². The number of benzene rings is 2. The highest BCUT2D eigenvalue weighted by Crippen LogP contribution is 2.36. The molecule has 0 saturated carbocycles. The molecular formula is C26H20ClN7O6. The average molecular weight is 562 g/mol. The molecule has 0 spiro atoms. The van der Waals surface area contributed by atoms with Crippen LogP contribution in [0.25, 0.3) is 11.1 Å². The Labute approximate surface area is 231 Å². The molecule has 0 radical (unpaired) electrons. The van der Waals surface area contributed by atoms with Gasteiger partial charge in [0.05, 0.1) is 23.2 Å². The van der Waals surface area contributed by atoms with E-state index in [1.165, 1.54) is 37.6 Å². The Kier molecular flexibility index (Phi) is 7.12. The maximum absolute atomic E-state index is 13.5. The van der Waals surface area contributed by atoms with Crippen LogP contribution < -0.4 is 16.0 Å². The number of ether oxygens (including phenoxy) is 1. The highest BCUT2D eigenvalue weighted by molar-refractivity contribution is 6.31. The maximum Gasteiger partial charge on any atom is 0.338 e. The van der Waals surface area contributed by atoms with Crippen molar-refractivity contribution in [2.45, 2.75) is 13.0 Å². The molecule has 0 aliphatic carbocycles. The number of halogens is 1. The average Bonchev–Trinajstić information content (AvgIpc) is 3.34. The first-order chi connectivity index (χ1) is 19.2. The Bertz CT molecular complexity index is 1730. The minimum Gasteiger partial charge on any atom is -0.465 e. The fourth-order valence-corrected chi connectivity index (χ4v) is 4.36. The third-order valence-electron chi connectivity index (χ3n) is 5.92. The van der Waals surface area contributed by atoms with E-state index in [0.717, 1.165) is 0 Å². The standard InChI is InChI=1S/C26H20ClN7O6/c1-13-20(23(35)31-19-12-14(10-11-28-19)24(36)39-2)21(15-6-3-4-7-16(15)27)32-25(29-13)33-26-30-17-8-5-9-18(34(37)38)22(17)40-26/h3-12,21H,1-2H3,(H,28,31,35)(H2,29,30,32,33). The number of carbonyl (C=O) groups excluding carboxylic acids is 2. The van der Waals surface area contributed by atoms with Crippen LogP contribution in [-0.2, 0) is 9.53 Å². The molecule has 1 aliphatic heterocycles. The molecule has 40 heavy (non-hydrogen) atoms. The highest BCUT2D eigenvalue weighted by Gasteiger charge is 2.31. The van der Waals surface area contributed by atoms with Gasteiger partial charge in [0, 0.05) is 28.5 Å². The van der Waals surface area contributed by atoms with Crippen LogP contribution >= 0.6 is 11.6 Å². The smallest absolute Gasteiger partial charge is 0.338 e. The first kappa shape index (κ1) is 26.3. The van der Waals surface area contributed by atoms with Crippen molar-refractivity contribution in [1.82, 2.24) is 15.3 Å². The van der Waals surface area contributed by atoms with Crippen LogP contribution in [0.3, 0.4) is 0 Å². The third-order valence-corrected chi connectivity index (χ3v) is 6.27. The lowest BCUT2D eigenvalue weighted by molar-refractivity contribution is -0.383. The summed E-state index contributed by atoms with van der Waals surface area (Å²) < 4.78 is 10.3. The normalized spacial score (nSPS) is 14.8. The molecule has 1 amide bonds. The van der Waals surface area contributed by atoms with Crippen molar-refractivity contribution in [3.05, 3.63) is 98.3 Å². The first-order valence-corrected chi connectivity index (χ1v) is 12.1. The number of esters is 1. The van der Waals surface area contributed by atoms with Gasteiger partial charge in [-0.1, -0.05) is 35.9 Å². The van der Waals surface area contributed by atoms with E-state index in [4.69, 9.17) is 20.8 Å². The zero-order valence-electron chi connectivity index (χ0n) is 21.0. The topological polar surface area (TPSA) is 174 Å². The minimum atomic E-state index is -0.875. The Morgan fingerprint density at radius 2 is 1.98 bits per heavy atom. The summed E-state index contributed by atoms with van der Waals surface area (Å²) in [5.41, 5.74) is 1.46. The first-order valence-electron chi connectivity index (χ1n) is 11.7. The molecule has 0 fully saturated rings. The summed E-state index contributed by atoms with van der Waals surface area (Å²) in [5, 5.41) is 20.3. The lowest BCUT2D eigenvalue weighted by Crippen LogP contribution is -2.37. The van der Waals surface area contributed by atoms with Crippen LogP contribution in [0.1, 0.15) is 28.9 Å². The number of hydrogen-bond acceptors (Lipinski definition) is 11. The number of aromatic nitrogens is 2. The Hall–Kier alpha value is -5.30. The molecule has 1 aliphatic rings. The Morgan fingerprint density at radius 3 is 2.73 bits per heavy atom. The number of anilines is 2. The summed E-state index contributed by atoms with van der Waals surface area (Å²) in [6, 6.07) is 13.3. The van der Waals surface area contributed by atoms with Gasteiger partial charge in [-0.3, -0.25) is 20.2 Å². The molecule has 1 unspecified atom stereocenters. The lowest BCUT2D eigenvalue weighted by Gasteiger charge is -2.26. The van der Waals surface area contributed by atoms with E-state index in [1.54, 1.807) is 37.3 Å². The van der Waals surface area contributed by atoms with Gasteiger partial charge >= 0.3 is 17.7 Å². The van der Waals surface area contributed by atoms with Gasteiger partial charge in [0.2, 0.25) is 11.5 Å². The molecular weight excluding hydrogens is 542 g/mol. The number of non-ortho nitro benzene ring substituents is 1. The van der Waals surface area contributed by atoms with Gasteiger partial charge in [-0.2, -0.15) is 4.98 Å². The molecule has 2 aromatic heterocycles. The van der Waals surface area contributed by atoms with Crippen molar-refractivity contribution in [3.8, 4) is 0 Å². The number of rotatable bonds is 6. The number of nitro groups is 1. The van der Waals surface area contributed by atoms with Crippen molar-refractivity contribution in [2.75, 3.05) is 17.7 Å². The van der Waals surface area contributed by atoms with Crippen molar-refractivity contribution < 1.29 is 23.7 Å². The maximum atomic E-state index is 13.5. The quantitative estimate of drug-likeness (QED) is 0.171. The van der Waals surface area contributed by atoms with Gasteiger partial charge in [-0.15, -0.1) is 0 Å². The number of allylic oxidation sites excluding steroid dienone is 1. The zero-order chi connectivity index (χ0) is 28.4. The molecule has 202 valence electrons. The van der Waals surface area contributed by atoms with E-state index >= 15 is 0 Å². The highest BCUT2D eigenvalue weighted by atomic mass is 35.5. The fraction of sp³-hybridized carbons (Fsp3) is 0.115. The summed E-state index contributed by atoms with van der Waals surface area (Å²) in [5.74, 6) is -0.817. The molecule has 2 aromatic carbocycles. The van der Waals surface area contributed by atoms with E-state index < -0.39 is 22.8 Å². The molecule has 0 bridgehead atoms. The number of nitro benzene ring substituents is 1. The molecule has 5 rings (SSSR count). The molecule has 3 N–H and O–H groups in total. The second-order valence-electron chi connectivity index (χ2n) is 8.47. The number of nitrogens with one attached hydrogen (secondary N) is 3. The Morgan fingerprint density at radius 1 is 1.18 bits per heavy atom. The van der Waals surface area contributed by atoms with Crippen LogP contribution in [0, 0.1) is 10.1 Å². The Balaban J connectivity index is 1.48. The lowest BCUT2D eigenvalue weighted by atomic mass is 9.95. The van der Waals surface area contributed by atoms with Gasteiger partial charge in [0.1, 0.15) is 17.4 Å². The van der Waals surface area contributed by atoms with Crippen LogP contribution in [0.5, 0.6) is 0 Å². The van der Waals surface area contributed by atoms with Crippen molar-refractivity contribution in [3.63, 3.8) is 0 Å². The van der Waals surface area contributed by atoms with Gasteiger partial charge in [0.25, 0.3) is 5.91 Å². The molecule has 13 nitrogen and oxygen atoms in total. The molecule has 3 heterocycles. The van der Waals surface area contributed by atoms with Gasteiger partial charge < -0.3 is 19.8 Å². The van der Waals surface area contributed by atoms with Crippen LogP contribution in [-0.4, -0.2) is 39.8 Å². The zero-order valence-corrected chi connectivity index (χ0v) is 21.7. The number of hydrogen-bond donors (Lipinski definition) is 3. The van der Waals surface area contributed by atoms with E-state index in [1.807, 2.05) is 0 Å². The summed E-state index contributed by atoms with van der Waals surface area (Å²) in [7, 11) is 1.25. The van der Waals surface area contributed by atoms with E-state index in [9.17, 15) is 19.7 Å². The predicted octanol–water partition coefficient (Wildman–Crippen LogP) is 4.60. The van der Waals surface area contributed by atoms with Gasteiger partial charge in [-0.25, -0.2) is 14.8 Å². The van der Waals surface area contributed by atoms with Gasteiger partial charge in [-0.05, 0) is 31.2 Å². The summed E-state index contributed by atoms with van der Waals surface area (Å²) in [4.78, 5) is 49.3. The van der Waals surface area contributed by atoms with Crippen LogP contribution in [0.15, 0.2) is 81.5 Å². The number of aliphatic imine (C=N–C) groups is 1. The van der Waals surface area contributed by atoms with Crippen molar-refractivity contribution in [2.24, 2.45) is 4.99 Å². The monoisotopic (exact) mass is 561 g/mol. The van der Waals surface area contributed by atoms with E-state index in [2.05, 4.69) is 30.9 Å². The minimum absolute atomic E-state index is 0.00285. The third kappa shape index (κ3) is 5.17. The fourth-order valence-electron chi connectivity index (χ4n) is 4.12. The SMILES string of the molecule is COC(=O)c1ccnc(NC(=O)C2=C(C)NC(Nc3nc4cccc([N+](=O)[O-])c4o3)=NC2c2ccccc2Cl)c1. The largest absolute Gasteiger partial charge is 0.465 e. The molecule has 1 atom stereocenters. The number of methoxy groups -OCH3 is 1. The molecule has 4 aromatic rings. The summed E-state index contributed by atoms with van der Waals surface area (Å²) in [6.45, 7) is 1.67. The molecule has 0 saturated heterocycles. The van der Waals surface area contributed by atoms with Crippen molar-refractivity contribution in [1.29, 1.82) is 0 Å². The molecule has 14 heteroatoms. The van der Waals surface area contributed by atoms with Crippen molar-refractivity contribution >= 4 is 58.1 Å². The predicted molar refractivity (Wildman–Crippen MR) is 146 cm³/mol. The van der Waals surface area contributed by atoms with E-state index in [0.29, 0.717) is 16.3 Å². The van der Waals surface area contributed by atoms with Crippen LogP contribution in [0.4, 0.5) is 17.5 Å². The number of amides is 1. The number of nitrogens with zero attached hydrogens (tertiary/aromatic N) is 4. The summed E-state index contributed by atoms with van der Waals surface area (Å²) in [6.07, 6.45) is 1.37. The van der Waals surface area contributed by atoms with E-state index in [-0.39, 0.29) is 45.7 Å². The number of carbonyl (C=O) groups is 2.